The molecule has 1 heterocycles. The van der Waals surface area contributed by atoms with E-state index in [2.05, 4.69) is 46.9 Å². The molecule has 80 valence electrons. The minimum atomic E-state index is 0.320. The summed E-state index contributed by atoms with van der Waals surface area (Å²) >= 11 is 2.32. The van der Waals surface area contributed by atoms with Gasteiger partial charge in [-0.1, -0.05) is 12.1 Å². The fourth-order valence-electron chi connectivity index (χ4n) is 1.90. The molecule has 1 amide bonds. The molecule has 1 aromatic rings. The number of amides is 1. The van der Waals surface area contributed by atoms with Gasteiger partial charge in [-0.05, 0) is 53.1 Å². The lowest BCUT2D eigenvalue weighted by Gasteiger charge is -2.15. The molecule has 0 aliphatic carbocycles. The van der Waals surface area contributed by atoms with Crippen molar-refractivity contribution >= 4 is 28.5 Å². The van der Waals surface area contributed by atoms with E-state index in [1.807, 2.05) is 4.90 Å². The number of benzene rings is 1. The Balaban J connectivity index is 1.90. The average molecular weight is 315 g/mol. The number of carbonyl (C=O) groups excluding carboxylic acids is 1. The van der Waals surface area contributed by atoms with Crippen molar-refractivity contribution in [2.75, 3.05) is 13.1 Å². The van der Waals surface area contributed by atoms with Crippen LogP contribution in [0.3, 0.4) is 0 Å². The highest BCUT2D eigenvalue weighted by molar-refractivity contribution is 14.1. The minimum absolute atomic E-state index is 0.320. The molecule has 1 aliphatic heterocycles. The van der Waals surface area contributed by atoms with Crippen LogP contribution in [0.4, 0.5) is 0 Å². The highest BCUT2D eigenvalue weighted by Gasteiger charge is 2.19. The maximum Gasteiger partial charge on any atom is 0.222 e. The Labute approximate surface area is 104 Å². The molecule has 1 fully saturated rings. The zero-order chi connectivity index (χ0) is 10.7. The second-order valence-electron chi connectivity index (χ2n) is 3.86. The molecule has 0 N–H and O–H groups in total. The largest absolute Gasteiger partial charge is 0.342 e. The number of carbonyl (C=O) groups is 1. The zero-order valence-electron chi connectivity index (χ0n) is 8.58. The third kappa shape index (κ3) is 2.93. The van der Waals surface area contributed by atoms with E-state index in [4.69, 9.17) is 0 Å². The van der Waals surface area contributed by atoms with Crippen LogP contribution in [0.1, 0.15) is 18.4 Å². The lowest BCUT2D eigenvalue weighted by Crippen LogP contribution is -2.26. The monoisotopic (exact) mass is 315 g/mol. The minimum Gasteiger partial charge on any atom is -0.342 e. The highest BCUT2D eigenvalue weighted by atomic mass is 127. The Bertz CT molecular complexity index is 364. The Morgan fingerprint density at radius 2 is 2.27 bits per heavy atom. The molecule has 2 rings (SSSR count). The van der Waals surface area contributed by atoms with Gasteiger partial charge in [-0.15, -0.1) is 0 Å². The van der Waals surface area contributed by atoms with E-state index in [1.165, 1.54) is 9.13 Å². The maximum atomic E-state index is 11.4. The van der Waals surface area contributed by atoms with Gasteiger partial charge in [0.15, 0.2) is 0 Å². The second-order valence-corrected chi connectivity index (χ2v) is 5.11. The van der Waals surface area contributed by atoms with Gasteiger partial charge in [0.05, 0.1) is 0 Å². The Morgan fingerprint density at radius 1 is 1.40 bits per heavy atom. The van der Waals surface area contributed by atoms with Crippen LogP contribution in [0.5, 0.6) is 0 Å². The van der Waals surface area contributed by atoms with Crippen molar-refractivity contribution in [1.82, 2.24) is 4.90 Å². The first-order chi connectivity index (χ1) is 7.25. The van der Waals surface area contributed by atoms with E-state index in [0.717, 1.165) is 32.4 Å². The first kappa shape index (κ1) is 10.9. The molecule has 0 aromatic heterocycles. The van der Waals surface area contributed by atoms with Crippen LogP contribution in [-0.2, 0) is 11.2 Å². The van der Waals surface area contributed by atoms with Crippen LogP contribution in [-0.4, -0.2) is 23.9 Å². The van der Waals surface area contributed by atoms with Crippen LogP contribution >= 0.6 is 22.6 Å². The van der Waals surface area contributed by atoms with Crippen molar-refractivity contribution in [3.05, 3.63) is 33.4 Å². The first-order valence-electron chi connectivity index (χ1n) is 5.28. The molecule has 0 unspecified atom stereocenters. The van der Waals surface area contributed by atoms with Crippen molar-refractivity contribution in [2.24, 2.45) is 0 Å². The van der Waals surface area contributed by atoms with Crippen LogP contribution in [0.25, 0.3) is 0 Å². The van der Waals surface area contributed by atoms with Gasteiger partial charge in [0.25, 0.3) is 0 Å². The summed E-state index contributed by atoms with van der Waals surface area (Å²) in [6.45, 7) is 1.82. The molecule has 0 saturated carbocycles. The van der Waals surface area contributed by atoms with E-state index in [9.17, 15) is 4.79 Å². The van der Waals surface area contributed by atoms with Gasteiger partial charge in [-0.25, -0.2) is 0 Å². The van der Waals surface area contributed by atoms with Crippen molar-refractivity contribution in [2.45, 2.75) is 19.3 Å². The summed E-state index contributed by atoms with van der Waals surface area (Å²) in [7, 11) is 0. The molecular weight excluding hydrogens is 301 g/mol. The highest BCUT2D eigenvalue weighted by Crippen LogP contribution is 2.12. The van der Waals surface area contributed by atoms with Gasteiger partial charge in [0.2, 0.25) is 5.91 Å². The summed E-state index contributed by atoms with van der Waals surface area (Å²) in [4.78, 5) is 13.4. The Morgan fingerprint density at radius 3 is 2.93 bits per heavy atom. The van der Waals surface area contributed by atoms with Crippen LogP contribution in [0.2, 0.25) is 0 Å². The first-order valence-corrected chi connectivity index (χ1v) is 6.36. The van der Waals surface area contributed by atoms with Gasteiger partial charge >= 0.3 is 0 Å². The number of nitrogens with zero attached hydrogens (tertiary/aromatic N) is 1. The number of halogens is 1. The summed E-state index contributed by atoms with van der Waals surface area (Å²) in [6.07, 6.45) is 2.75. The zero-order valence-corrected chi connectivity index (χ0v) is 10.7. The predicted octanol–water partition coefficient (Wildman–Crippen LogP) is 2.46. The maximum absolute atomic E-state index is 11.4. The van der Waals surface area contributed by atoms with Gasteiger partial charge in [0.1, 0.15) is 0 Å². The molecule has 1 saturated heterocycles. The summed E-state index contributed by atoms with van der Waals surface area (Å²) in [6, 6.07) is 8.47. The van der Waals surface area contributed by atoms with Crippen LogP contribution in [0.15, 0.2) is 24.3 Å². The molecule has 0 spiro atoms. The van der Waals surface area contributed by atoms with Gasteiger partial charge in [0, 0.05) is 23.1 Å². The molecule has 15 heavy (non-hydrogen) atoms. The van der Waals surface area contributed by atoms with Crippen molar-refractivity contribution in [3.8, 4) is 0 Å². The third-order valence-corrected chi connectivity index (χ3v) is 3.40. The third-order valence-electron chi connectivity index (χ3n) is 2.73. The number of hydrogen-bond donors (Lipinski definition) is 0. The lowest BCUT2D eigenvalue weighted by molar-refractivity contribution is -0.127. The molecule has 2 nitrogen and oxygen atoms in total. The topological polar surface area (TPSA) is 20.3 Å². The predicted molar refractivity (Wildman–Crippen MR) is 68.7 cm³/mol. The number of rotatable bonds is 3. The number of hydrogen-bond acceptors (Lipinski definition) is 1. The van der Waals surface area contributed by atoms with Gasteiger partial charge < -0.3 is 4.90 Å². The normalized spacial score (nSPS) is 16.1. The quantitative estimate of drug-likeness (QED) is 0.785. The van der Waals surface area contributed by atoms with E-state index in [1.54, 1.807) is 0 Å². The van der Waals surface area contributed by atoms with E-state index >= 15 is 0 Å². The second kappa shape index (κ2) is 4.96. The lowest BCUT2D eigenvalue weighted by atomic mass is 10.1. The summed E-state index contributed by atoms with van der Waals surface area (Å²) in [5.41, 5.74) is 1.32. The number of likely N-dealkylation sites (tertiary alicyclic amines) is 1. The SMILES string of the molecule is O=C1CCCN1CCc1cccc(I)c1. The van der Waals surface area contributed by atoms with Gasteiger partial charge in [-0.2, -0.15) is 0 Å². The van der Waals surface area contributed by atoms with Gasteiger partial charge in [-0.3, -0.25) is 4.79 Å². The van der Waals surface area contributed by atoms with E-state index in [-0.39, 0.29) is 0 Å². The van der Waals surface area contributed by atoms with Crippen molar-refractivity contribution < 1.29 is 4.79 Å². The van der Waals surface area contributed by atoms with Crippen molar-refractivity contribution in [3.63, 3.8) is 0 Å². The summed E-state index contributed by atoms with van der Waals surface area (Å²) in [5.74, 6) is 0.320. The Kier molecular flexibility index (Phi) is 3.61. The molecule has 1 aliphatic rings. The summed E-state index contributed by atoms with van der Waals surface area (Å²) in [5, 5.41) is 0. The average Bonchev–Trinajstić information content (AvgIpc) is 2.61. The molecular formula is C12H14INO. The molecule has 3 heteroatoms. The van der Waals surface area contributed by atoms with Crippen molar-refractivity contribution in [1.29, 1.82) is 0 Å². The molecule has 1 aromatic carbocycles. The smallest absolute Gasteiger partial charge is 0.222 e. The summed E-state index contributed by atoms with van der Waals surface area (Å²) < 4.78 is 1.26. The van der Waals surface area contributed by atoms with E-state index < -0.39 is 0 Å². The fraction of sp³-hybridized carbons (Fsp3) is 0.417. The van der Waals surface area contributed by atoms with Crippen LogP contribution in [0, 0.1) is 3.57 Å². The molecule has 0 radical (unpaired) electrons. The van der Waals surface area contributed by atoms with E-state index in [0.29, 0.717) is 5.91 Å². The van der Waals surface area contributed by atoms with Crippen LogP contribution < -0.4 is 0 Å². The Hall–Kier alpha value is -0.580. The standard InChI is InChI=1S/C12H14INO/c13-11-4-1-3-10(9-11)6-8-14-7-2-5-12(14)15/h1,3-4,9H,2,5-8H2. The fourth-order valence-corrected chi connectivity index (χ4v) is 2.50. The molecule has 0 atom stereocenters. The molecule has 0 bridgehead atoms.